The van der Waals surface area contributed by atoms with E-state index in [4.69, 9.17) is 23.2 Å². The average molecular weight is 390 g/mol. The number of nitrogens with one attached hydrogen (secondary N) is 2. The van der Waals surface area contributed by atoms with E-state index in [1.54, 1.807) is 42.5 Å². The van der Waals surface area contributed by atoms with E-state index in [0.717, 1.165) is 5.56 Å². The van der Waals surface area contributed by atoms with E-state index in [1.807, 2.05) is 0 Å². The first-order valence-electron chi connectivity index (χ1n) is 7.71. The normalized spacial score (nSPS) is 10.4. The molecule has 4 nitrogen and oxygen atoms in total. The Balaban J connectivity index is 1.67. The lowest BCUT2D eigenvalue weighted by molar-refractivity contribution is 0.0946. The second-order valence-electron chi connectivity index (χ2n) is 5.52. The molecule has 0 radical (unpaired) electrons. The van der Waals surface area contributed by atoms with Crippen LogP contribution >= 0.6 is 23.2 Å². The SMILES string of the molecule is O=C(NCc1ccc(F)cc1)c1cc(Nc2cc(Cl)cc(Cl)c2)ccn1. The van der Waals surface area contributed by atoms with Crippen LogP contribution in [0, 0.1) is 5.82 Å². The van der Waals surface area contributed by atoms with E-state index >= 15 is 0 Å². The Kier molecular flexibility index (Phi) is 5.71. The Hall–Kier alpha value is -2.63. The second-order valence-corrected chi connectivity index (χ2v) is 6.39. The Morgan fingerprint density at radius 2 is 1.65 bits per heavy atom. The molecule has 1 heterocycles. The molecule has 3 rings (SSSR count). The van der Waals surface area contributed by atoms with Gasteiger partial charge in [-0.05, 0) is 48.0 Å². The van der Waals surface area contributed by atoms with Gasteiger partial charge in [0.25, 0.3) is 5.91 Å². The lowest BCUT2D eigenvalue weighted by Crippen LogP contribution is -2.23. The Labute approximate surface area is 160 Å². The molecule has 0 aliphatic rings. The lowest BCUT2D eigenvalue weighted by atomic mass is 10.2. The summed E-state index contributed by atoms with van der Waals surface area (Å²) in [5.41, 5.74) is 2.42. The molecule has 7 heteroatoms. The summed E-state index contributed by atoms with van der Waals surface area (Å²) >= 11 is 12.0. The summed E-state index contributed by atoms with van der Waals surface area (Å²) in [6, 6.07) is 14.4. The first kappa shape index (κ1) is 18.2. The van der Waals surface area contributed by atoms with Crippen molar-refractivity contribution in [3.05, 3.63) is 87.9 Å². The number of amides is 1. The third-order valence-electron chi connectivity index (χ3n) is 3.51. The maximum Gasteiger partial charge on any atom is 0.270 e. The smallest absolute Gasteiger partial charge is 0.270 e. The van der Waals surface area contributed by atoms with Crippen molar-refractivity contribution in [1.29, 1.82) is 0 Å². The molecule has 0 saturated heterocycles. The molecule has 0 aliphatic heterocycles. The number of benzene rings is 2. The van der Waals surface area contributed by atoms with Gasteiger partial charge in [0.15, 0.2) is 0 Å². The zero-order valence-electron chi connectivity index (χ0n) is 13.5. The number of hydrogen-bond donors (Lipinski definition) is 2. The average Bonchev–Trinajstić information content (AvgIpc) is 2.60. The fraction of sp³-hybridized carbons (Fsp3) is 0.0526. The van der Waals surface area contributed by atoms with Crippen LogP contribution in [0.2, 0.25) is 10.0 Å². The highest BCUT2D eigenvalue weighted by Crippen LogP contribution is 2.25. The lowest BCUT2D eigenvalue weighted by Gasteiger charge is -2.09. The van der Waals surface area contributed by atoms with Crippen molar-refractivity contribution in [1.82, 2.24) is 10.3 Å². The third kappa shape index (κ3) is 4.94. The van der Waals surface area contributed by atoms with Crippen LogP contribution in [0.15, 0.2) is 60.8 Å². The Bertz CT molecular complexity index is 912. The number of rotatable bonds is 5. The minimum Gasteiger partial charge on any atom is -0.355 e. The van der Waals surface area contributed by atoms with Gasteiger partial charge in [-0.15, -0.1) is 0 Å². The highest BCUT2D eigenvalue weighted by molar-refractivity contribution is 6.35. The van der Waals surface area contributed by atoms with Crippen molar-refractivity contribution >= 4 is 40.5 Å². The van der Waals surface area contributed by atoms with Gasteiger partial charge in [0, 0.05) is 34.2 Å². The van der Waals surface area contributed by atoms with Crippen molar-refractivity contribution < 1.29 is 9.18 Å². The van der Waals surface area contributed by atoms with Gasteiger partial charge < -0.3 is 10.6 Å². The van der Waals surface area contributed by atoms with Crippen LogP contribution in [-0.4, -0.2) is 10.9 Å². The number of hydrogen-bond acceptors (Lipinski definition) is 3. The summed E-state index contributed by atoms with van der Waals surface area (Å²) in [6.45, 7) is 0.280. The maximum atomic E-state index is 12.9. The van der Waals surface area contributed by atoms with Crippen LogP contribution in [0.4, 0.5) is 15.8 Å². The first-order chi connectivity index (χ1) is 12.5. The minimum atomic E-state index is -0.331. The molecule has 0 spiro atoms. The zero-order valence-corrected chi connectivity index (χ0v) is 15.0. The summed E-state index contributed by atoms with van der Waals surface area (Å²) < 4.78 is 12.9. The van der Waals surface area contributed by atoms with Crippen LogP contribution in [0.3, 0.4) is 0 Å². The van der Waals surface area contributed by atoms with E-state index in [9.17, 15) is 9.18 Å². The van der Waals surface area contributed by atoms with Crippen molar-refractivity contribution in [2.45, 2.75) is 6.54 Å². The van der Waals surface area contributed by atoms with Gasteiger partial charge in [0.05, 0.1) is 0 Å². The summed E-state index contributed by atoms with van der Waals surface area (Å²) in [5, 5.41) is 6.89. The summed E-state index contributed by atoms with van der Waals surface area (Å²) in [4.78, 5) is 16.4. The number of nitrogens with zero attached hydrogens (tertiary/aromatic N) is 1. The molecular weight excluding hydrogens is 376 g/mol. The zero-order chi connectivity index (χ0) is 18.5. The fourth-order valence-electron chi connectivity index (χ4n) is 2.30. The maximum absolute atomic E-state index is 12.9. The number of carbonyl (C=O) groups is 1. The summed E-state index contributed by atoms with van der Waals surface area (Å²) in [6.07, 6.45) is 1.53. The predicted molar refractivity (Wildman–Crippen MR) is 102 cm³/mol. The molecule has 1 aromatic heterocycles. The number of carbonyl (C=O) groups excluding carboxylic acids is 1. The number of pyridine rings is 1. The molecule has 0 bridgehead atoms. The number of aromatic nitrogens is 1. The van der Waals surface area contributed by atoms with Crippen molar-refractivity contribution in [3.8, 4) is 0 Å². The van der Waals surface area contributed by atoms with Crippen LogP contribution in [0.5, 0.6) is 0 Å². The van der Waals surface area contributed by atoms with Crippen molar-refractivity contribution in [2.75, 3.05) is 5.32 Å². The molecule has 0 unspecified atom stereocenters. The molecular formula is C19H14Cl2FN3O. The van der Waals surface area contributed by atoms with Gasteiger partial charge in [-0.1, -0.05) is 35.3 Å². The van der Waals surface area contributed by atoms with Gasteiger partial charge in [0.2, 0.25) is 0 Å². The minimum absolute atomic E-state index is 0.255. The van der Waals surface area contributed by atoms with Crippen LogP contribution in [0.25, 0.3) is 0 Å². The predicted octanol–water partition coefficient (Wildman–Crippen LogP) is 5.20. The third-order valence-corrected chi connectivity index (χ3v) is 3.95. The molecule has 0 saturated carbocycles. The molecule has 1 amide bonds. The molecule has 2 N–H and O–H groups in total. The Morgan fingerprint density at radius 1 is 0.962 bits per heavy atom. The van der Waals surface area contributed by atoms with Gasteiger partial charge in [-0.2, -0.15) is 0 Å². The van der Waals surface area contributed by atoms with Gasteiger partial charge >= 0.3 is 0 Å². The van der Waals surface area contributed by atoms with Gasteiger partial charge in [-0.3, -0.25) is 9.78 Å². The number of halogens is 3. The topological polar surface area (TPSA) is 54.0 Å². The van der Waals surface area contributed by atoms with Crippen LogP contribution in [-0.2, 0) is 6.54 Å². The molecule has 132 valence electrons. The standard InChI is InChI=1S/C19H14Cl2FN3O/c20-13-7-14(21)9-17(8-13)25-16-5-6-23-18(10-16)19(26)24-11-12-1-3-15(22)4-2-12/h1-10H,11H2,(H,23,25)(H,24,26). The second kappa shape index (κ2) is 8.17. The van der Waals surface area contributed by atoms with Crippen LogP contribution < -0.4 is 10.6 Å². The van der Waals surface area contributed by atoms with Crippen LogP contribution in [0.1, 0.15) is 16.1 Å². The van der Waals surface area contributed by atoms with Gasteiger partial charge in [-0.25, -0.2) is 4.39 Å². The Morgan fingerprint density at radius 3 is 2.35 bits per heavy atom. The van der Waals surface area contributed by atoms with E-state index < -0.39 is 0 Å². The monoisotopic (exact) mass is 389 g/mol. The largest absolute Gasteiger partial charge is 0.355 e. The molecule has 0 atom stereocenters. The van der Waals surface area contributed by atoms with E-state index in [1.165, 1.54) is 18.3 Å². The molecule has 3 aromatic rings. The van der Waals surface area contributed by atoms with E-state index in [2.05, 4.69) is 15.6 Å². The first-order valence-corrected chi connectivity index (χ1v) is 8.47. The van der Waals surface area contributed by atoms with Crippen molar-refractivity contribution in [3.63, 3.8) is 0 Å². The van der Waals surface area contributed by atoms with Crippen molar-refractivity contribution in [2.24, 2.45) is 0 Å². The van der Waals surface area contributed by atoms with E-state index in [0.29, 0.717) is 21.4 Å². The highest BCUT2D eigenvalue weighted by Gasteiger charge is 2.08. The summed E-state index contributed by atoms with van der Waals surface area (Å²) in [5.74, 6) is -0.649. The quantitative estimate of drug-likeness (QED) is 0.630. The summed E-state index contributed by atoms with van der Waals surface area (Å²) in [7, 11) is 0. The van der Waals surface area contributed by atoms with Gasteiger partial charge in [0.1, 0.15) is 11.5 Å². The fourth-order valence-corrected chi connectivity index (χ4v) is 2.83. The molecule has 0 fully saturated rings. The molecule has 26 heavy (non-hydrogen) atoms. The highest BCUT2D eigenvalue weighted by atomic mass is 35.5. The molecule has 2 aromatic carbocycles. The number of anilines is 2. The molecule has 0 aliphatic carbocycles. The van der Waals surface area contributed by atoms with E-state index in [-0.39, 0.29) is 24.0 Å².